The van der Waals surface area contributed by atoms with E-state index in [9.17, 15) is 19.5 Å². The van der Waals surface area contributed by atoms with Gasteiger partial charge in [0.2, 0.25) is 11.8 Å². The Hall–Kier alpha value is -2.49. The van der Waals surface area contributed by atoms with Crippen molar-refractivity contribution >= 4 is 41.3 Å². The van der Waals surface area contributed by atoms with Crippen molar-refractivity contribution in [2.75, 3.05) is 31.4 Å². The second kappa shape index (κ2) is 10.4. The predicted molar refractivity (Wildman–Crippen MR) is 133 cm³/mol. The van der Waals surface area contributed by atoms with Crippen LogP contribution in [0.1, 0.15) is 18.0 Å². The number of aliphatic carboxylic acids is 1. The summed E-state index contributed by atoms with van der Waals surface area (Å²) in [6.45, 7) is 0.237. The van der Waals surface area contributed by atoms with E-state index in [2.05, 4.69) is 5.32 Å². The predicted octanol–water partition coefficient (Wildman–Crippen LogP) is 3.31. The lowest BCUT2D eigenvalue weighted by Crippen LogP contribution is -2.56. The number of carboxylic acid groups (broad SMARTS) is 1. The molecular formula is C25H28N2O5S2. The summed E-state index contributed by atoms with van der Waals surface area (Å²) in [6, 6.07) is 16.4. The molecule has 0 spiro atoms. The van der Waals surface area contributed by atoms with E-state index in [1.165, 1.54) is 23.8 Å². The second-order valence-electron chi connectivity index (χ2n) is 8.38. The van der Waals surface area contributed by atoms with E-state index >= 15 is 0 Å². The summed E-state index contributed by atoms with van der Waals surface area (Å²) >= 11 is 3.08. The number of likely N-dealkylation sites (tertiary alicyclic amines) is 1. The number of fused-ring (bicyclic) bond motifs is 1. The maximum absolute atomic E-state index is 13.6. The highest BCUT2D eigenvalue weighted by molar-refractivity contribution is 7.99. The number of nitrogens with zero attached hydrogens (tertiary/aromatic N) is 1. The van der Waals surface area contributed by atoms with Crippen LogP contribution in [-0.2, 0) is 14.4 Å². The lowest BCUT2D eigenvalue weighted by atomic mass is 9.78. The largest absolute Gasteiger partial charge is 0.496 e. The Morgan fingerprint density at radius 1 is 1.09 bits per heavy atom. The molecule has 2 aromatic carbocycles. The van der Waals surface area contributed by atoms with Gasteiger partial charge in [-0.1, -0.05) is 36.4 Å². The fourth-order valence-corrected chi connectivity index (χ4v) is 6.43. The van der Waals surface area contributed by atoms with Crippen LogP contribution in [0.4, 0.5) is 0 Å². The van der Waals surface area contributed by atoms with Crippen LogP contribution < -0.4 is 10.1 Å². The molecule has 2 aliphatic heterocycles. The van der Waals surface area contributed by atoms with Gasteiger partial charge in [0.15, 0.2) is 0 Å². The Bertz CT molecular complexity index is 1070. The number of carboxylic acids is 1. The van der Waals surface area contributed by atoms with Crippen LogP contribution in [0.25, 0.3) is 0 Å². The number of methoxy groups -OCH3 is 1. The third-order valence-corrected chi connectivity index (χ3v) is 8.23. The quantitative estimate of drug-likeness (QED) is 0.379. The molecule has 4 rings (SSSR count). The molecule has 4 unspecified atom stereocenters. The Morgan fingerprint density at radius 2 is 1.79 bits per heavy atom. The van der Waals surface area contributed by atoms with Crippen molar-refractivity contribution in [3.63, 3.8) is 0 Å². The third kappa shape index (κ3) is 4.32. The van der Waals surface area contributed by atoms with Gasteiger partial charge in [0, 0.05) is 28.8 Å². The third-order valence-electron chi connectivity index (χ3n) is 6.63. The first-order valence-electron chi connectivity index (χ1n) is 11.1. The Morgan fingerprint density at radius 3 is 2.47 bits per heavy atom. The molecule has 2 amide bonds. The molecule has 7 nitrogen and oxygen atoms in total. The molecule has 9 heteroatoms. The van der Waals surface area contributed by atoms with Crippen LogP contribution in [0.2, 0.25) is 0 Å². The number of para-hydroxylation sites is 1. The van der Waals surface area contributed by atoms with Gasteiger partial charge in [-0.05, 0) is 36.6 Å². The van der Waals surface area contributed by atoms with Gasteiger partial charge in [-0.15, -0.1) is 11.8 Å². The standard InChI is InChI=1S/C25H28N2O5S2/c1-32-18-11-7-6-10-17(18)21-19-20(25(26-21,24(30)31)12-14-33-2)23(29)27(22(19)28)13-15-34-16-8-4-3-5-9-16/h3-11,19-21,26H,12-15H2,1-2H3,(H,30,31). The maximum Gasteiger partial charge on any atom is 0.324 e. The molecule has 2 aromatic rings. The lowest BCUT2D eigenvalue weighted by molar-refractivity contribution is -0.151. The zero-order valence-corrected chi connectivity index (χ0v) is 20.7. The van der Waals surface area contributed by atoms with Crippen molar-refractivity contribution < 1.29 is 24.2 Å². The molecule has 0 radical (unpaired) electrons. The average molecular weight is 501 g/mol. The minimum absolute atomic E-state index is 0.237. The Balaban J connectivity index is 1.67. The number of carbonyl (C=O) groups is 3. The molecule has 180 valence electrons. The van der Waals surface area contributed by atoms with Crippen molar-refractivity contribution in [2.24, 2.45) is 11.8 Å². The first-order valence-corrected chi connectivity index (χ1v) is 13.5. The summed E-state index contributed by atoms with van der Waals surface area (Å²) in [5.41, 5.74) is -0.832. The highest BCUT2D eigenvalue weighted by atomic mass is 32.2. The molecule has 2 saturated heterocycles. The van der Waals surface area contributed by atoms with E-state index in [1.807, 2.05) is 54.8 Å². The Labute approximate surface area is 207 Å². The summed E-state index contributed by atoms with van der Waals surface area (Å²) in [6.07, 6.45) is 2.14. The van der Waals surface area contributed by atoms with Crippen LogP contribution >= 0.6 is 23.5 Å². The molecule has 0 saturated carbocycles. The van der Waals surface area contributed by atoms with Gasteiger partial charge in [-0.3, -0.25) is 24.6 Å². The van der Waals surface area contributed by atoms with E-state index in [0.29, 0.717) is 22.8 Å². The van der Waals surface area contributed by atoms with Crippen molar-refractivity contribution in [1.29, 1.82) is 0 Å². The van der Waals surface area contributed by atoms with Crippen LogP contribution in [0.5, 0.6) is 5.75 Å². The second-order valence-corrected chi connectivity index (χ2v) is 10.5. The number of carbonyl (C=O) groups excluding carboxylic acids is 2. The number of hydrogen-bond acceptors (Lipinski definition) is 7. The monoisotopic (exact) mass is 500 g/mol. The number of benzene rings is 2. The van der Waals surface area contributed by atoms with E-state index in [-0.39, 0.29) is 18.9 Å². The zero-order valence-electron chi connectivity index (χ0n) is 19.1. The normalized spacial score (nSPS) is 26.1. The number of hydrogen-bond donors (Lipinski definition) is 2. The molecular weight excluding hydrogens is 472 g/mol. The average Bonchev–Trinajstić information content (AvgIpc) is 3.33. The Kier molecular flexibility index (Phi) is 7.54. The summed E-state index contributed by atoms with van der Waals surface area (Å²) in [5.74, 6) is -1.95. The number of rotatable bonds is 10. The van der Waals surface area contributed by atoms with Crippen molar-refractivity contribution in [3.05, 3.63) is 60.2 Å². The molecule has 2 N–H and O–H groups in total. The number of imide groups is 1. The van der Waals surface area contributed by atoms with Gasteiger partial charge in [0.05, 0.1) is 18.9 Å². The minimum Gasteiger partial charge on any atom is -0.496 e. The number of amides is 2. The van der Waals surface area contributed by atoms with Crippen LogP contribution in [0, 0.1) is 11.8 Å². The van der Waals surface area contributed by atoms with Crippen molar-refractivity contribution in [2.45, 2.75) is 22.9 Å². The first-order chi connectivity index (χ1) is 16.4. The molecule has 2 fully saturated rings. The topological polar surface area (TPSA) is 95.9 Å². The highest BCUT2D eigenvalue weighted by Gasteiger charge is 2.68. The van der Waals surface area contributed by atoms with Gasteiger partial charge in [-0.2, -0.15) is 11.8 Å². The van der Waals surface area contributed by atoms with E-state index in [1.54, 1.807) is 17.8 Å². The van der Waals surface area contributed by atoms with Gasteiger partial charge in [0.1, 0.15) is 11.3 Å². The van der Waals surface area contributed by atoms with Crippen LogP contribution in [0.15, 0.2) is 59.5 Å². The fraction of sp³-hybridized carbons (Fsp3) is 0.400. The minimum atomic E-state index is -1.52. The maximum atomic E-state index is 13.6. The van der Waals surface area contributed by atoms with Crippen LogP contribution in [0.3, 0.4) is 0 Å². The summed E-state index contributed by atoms with van der Waals surface area (Å²) in [5, 5.41) is 13.6. The van der Waals surface area contributed by atoms with Crippen molar-refractivity contribution in [3.8, 4) is 5.75 Å². The molecule has 2 heterocycles. The summed E-state index contributed by atoms with van der Waals surface area (Å²) < 4.78 is 5.51. The lowest BCUT2D eigenvalue weighted by Gasteiger charge is -2.31. The summed E-state index contributed by atoms with van der Waals surface area (Å²) in [7, 11) is 1.54. The van der Waals surface area contributed by atoms with Gasteiger partial charge in [-0.25, -0.2) is 0 Å². The SMILES string of the molecule is COc1ccccc1C1NC(CCSC)(C(=O)O)C2C(=O)N(CCSc3ccccc3)C(=O)C12. The number of ether oxygens (including phenoxy) is 1. The fourth-order valence-electron chi connectivity index (χ4n) is 5.04. The number of thioether (sulfide) groups is 2. The molecule has 0 bridgehead atoms. The van der Waals surface area contributed by atoms with Gasteiger partial charge in [0.25, 0.3) is 0 Å². The smallest absolute Gasteiger partial charge is 0.324 e. The van der Waals surface area contributed by atoms with E-state index in [0.717, 1.165) is 4.90 Å². The molecule has 2 aliphatic rings. The van der Waals surface area contributed by atoms with E-state index in [4.69, 9.17) is 4.74 Å². The highest BCUT2D eigenvalue weighted by Crippen LogP contribution is 2.51. The zero-order chi connectivity index (χ0) is 24.3. The molecule has 0 aliphatic carbocycles. The summed E-state index contributed by atoms with van der Waals surface area (Å²) in [4.78, 5) is 42.2. The molecule has 0 aromatic heterocycles. The van der Waals surface area contributed by atoms with Crippen molar-refractivity contribution in [1.82, 2.24) is 10.2 Å². The van der Waals surface area contributed by atoms with Crippen LogP contribution in [-0.4, -0.2) is 64.7 Å². The number of nitrogens with one attached hydrogen (secondary N) is 1. The van der Waals surface area contributed by atoms with Gasteiger partial charge >= 0.3 is 5.97 Å². The molecule has 34 heavy (non-hydrogen) atoms. The molecule has 4 atom stereocenters. The van der Waals surface area contributed by atoms with Gasteiger partial charge < -0.3 is 9.84 Å². The van der Waals surface area contributed by atoms with E-state index < -0.39 is 35.3 Å². The first kappa shape index (κ1) is 24.6.